The number of nitrogens with one attached hydrogen (secondary N) is 1. The number of hydrogen-bond acceptors (Lipinski definition) is 4. The van der Waals surface area contributed by atoms with Crippen molar-refractivity contribution in [1.29, 1.82) is 0 Å². The van der Waals surface area contributed by atoms with Crippen molar-refractivity contribution in [2.45, 2.75) is 13.0 Å². The Morgan fingerprint density at radius 2 is 1.90 bits per heavy atom. The van der Waals surface area contributed by atoms with Gasteiger partial charge in [-0.25, -0.2) is 4.39 Å². The fraction of sp³-hybridized carbons (Fsp3) is 0.200. The van der Waals surface area contributed by atoms with E-state index in [9.17, 15) is 14.5 Å². The van der Waals surface area contributed by atoms with Crippen LogP contribution in [0, 0.1) is 15.9 Å². The molecule has 0 aliphatic heterocycles. The van der Waals surface area contributed by atoms with Crippen LogP contribution < -0.4 is 10.1 Å². The zero-order chi connectivity index (χ0) is 15.4. The van der Waals surface area contributed by atoms with Crippen LogP contribution in [0.3, 0.4) is 0 Å². The minimum absolute atomic E-state index is 0.0228. The van der Waals surface area contributed by atoms with Gasteiger partial charge in [-0.1, -0.05) is 6.07 Å². The van der Waals surface area contributed by atoms with E-state index in [2.05, 4.69) is 5.32 Å². The van der Waals surface area contributed by atoms with Gasteiger partial charge in [-0.05, 0) is 38.2 Å². The Balaban J connectivity index is 2.31. The average molecular weight is 290 g/mol. The van der Waals surface area contributed by atoms with E-state index < -0.39 is 4.92 Å². The normalized spacial score (nSPS) is 12.0. The Kier molecular flexibility index (Phi) is 4.49. The average Bonchev–Trinajstić information content (AvgIpc) is 2.47. The molecular formula is C15H15FN2O3. The smallest absolute Gasteiger partial charge is 0.269 e. The van der Waals surface area contributed by atoms with Crippen molar-refractivity contribution in [3.63, 3.8) is 0 Å². The fourth-order valence-corrected chi connectivity index (χ4v) is 1.93. The van der Waals surface area contributed by atoms with E-state index >= 15 is 0 Å². The maximum absolute atomic E-state index is 14.0. The Labute approximate surface area is 121 Å². The van der Waals surface area contributed by atoms with Gasteiger partial charge in [-0.15, -0.1) is 0 Å². The first kappa shape index (κ1) is 14.9. The van der Waals surface area contributed by atoms with Crippen molar-refractivity contribution in [3.8, 4) is 11.5 Å². The van der Waals surface area contributed by atoms with Crippen molar-refractivity contribution < 1.29 is 14.1 Å². The minimum Gasteiger partial charge on any atom is -0.457 e. The highest BCUT2D eigenvalue weighted by Crippen LogP contribution is 2.32. The standard InChI is InChI=1S/C15H15FN2O3/c1-10(17-2)15-13(16)4-3-5-14(15)21-12-8-6-11(7-9-12)18(19)20/h3-10,17H,1-2H3. The zero-order valence-electron chi connectivity index (χ0n) is 11.7. The highest BCUT2D eigenvalue weighted by Gasteiger charge is 2.16. The van der Waals surface area contributed by atoms with Crippen LogP contribution in [0.1, 0.15) is 18.5 Å². The van der Waals surface area contributed by atoms with Gasteiger partial charge in [0.1, 0.15) is 17.3 Å². The molecule has 6 heteroatoms. The number of hydrogen-bond donors (Lipinski definition) is 1. The molecule has 0 saturated heterocycles. The summed E-state index contributed by atoms with van der Waals surface area (Å²) in [6.45, 7) is 1.82. The van der Waals surface area contributed by atoms with Crippen molar-refractivity contribution in [1.82, 2.24) is 5.32 Å². The second-order valence-electron chi connectivity index (χ2n) is 4.52. The lowest BCUT2D eigenvalue weighted by atomic mass is 10.1. The van der Waals surface area contributed by atoms with Crippen molar-refractivity contribution in [2.75, 3.05) is 7.05 Å². The van der Waals surface area contributed by atoms with Crippen LogP contribution in [0.2, 0.25) is 0 Å². The number of ether oxygens (including phenoxy) is 1. The third-order valence-corrected chi connectivity index (χ3v) is 3.15. The molecule has 0 aromatic heterocycles. The topological polar surface area (TPSA) is 64.4 Å². The number of non-ortho nitro benzene ring substituents is 1. The molecule has 1 unspecified atom stereocenters. The molecule has 110 valence electrons. The maximum atomic E-state index is 14.0. The van der Waals surface area contributed by atoms with E-state index in [1.807, 2.05) is 6.92 Å². The molecule has 0 spiro atoms. The summed E-state index contributed by atoms with van der Waals surface area (Å²) < 4.78 is 19.6. The predicted octanol–water partition coefficient (Wildman–Crippen LogP) is 3.81. The summed E-state index contributed by atoms with van der Waals surface area (Å²) in [5.41, 5.74) is 0.392. The molecule has 1 N–H and O–H groups in total. The Morgan fingerprint density at radius 1 is 1.24 bits per heavy atom. The first-order valence-electron chi connectivity index (χ1n) is 6.41. The van der Waals surface area contributed by atoms with Gasteiger partial charge in [0.15, 0.2) is 0 Å². The van der Waals surface area contributed by atoms with E-state index in [0.717, 1.165) is 0 Å². The van der Waals surface area contributed by atoms with E-state index in [-0.39, 0.29) is 17.5 Å². The van der Waals surface area contributed by atoms with Gasteiger partial charge in [0.05, 0.1) is 4.92 Å². The molecule has 2 aromatic carbocycles. The third-order valence-electron chi connectivity index (χ3n) is 3.15. The van der Waals surface area contributed by atoms with Gasteiger partial charge in [0, 0.05) is 23.7 Å². The van der Waals surface area contributed by atoms with Crippen LogP contribution >= 0.6 is 0 Å². The second kappa shape index (κ2) is 6.32. The van der Waals surface area contributed by atoms with Gasteiger partial charge in [-0.3, -0.25) is 10.1 Å². The minimum atomic E-state index is -0.486. The Bertz CT molecular complexity index is 644. The number of benzene rings is 2. The fourth-order valence-electron chi connectivity index (χ4n) is 1.93. The molecule has 0 amide bonds. The number of rotatable bonds is 5. The van der Waals surface area contributed by atoms with Crippen LogP contribution in [0.25, 0.3) is 0 Å². The summed E-state index contributed by atoms with van der Waals surface area (Å²) in [6.07, 6.45) is 0. The Hall–Kier alpha value is -2.47. The van der Waals surface area contributed by atoms with E-state index in [1.165, 1.54) is 30.3 Å². The van der Waals surface area contributed by atoms with Crippen molar-refractivity contribution >= 4 is 5.69 Å². The Morgan fingerprint density at radius 3 is 2.48 bits per heavy atom. The van der Waals surface area contributed by atoms with Crippen LogP contribution in [0.5, 0.6) is 11.5 Å². The summed E-state index contributed by atoms with van der Waals surface area (Å²) in [6, 6.07) is 10.0. The lowest BCUT2D eigenvalue weighted by Crippen LogP contribution is -2.14. The van der Waals surface area contributed by atoms with Crippen LogP contribution in [-0.4, -0.2) is 12.0 Å². The molecular weight excluding hydrogens is 275 g/mol. The molecule has 0 heterocycles. The number of halogens is 1. The van der Waals surface area contributed by atoms with Crippen molar-refractivity contribution in [3.05, 3.63) is 64.0 Å². The van der Waals surface area contributed by atoms with Crippen molar-refractivity contribution in [2.24, 2.45) is 0 Å². The largest absolute Gasteiger partial charge is 0.457 e. The van der Waals surface area contributed by atoms with Gasteiger partial charge in [-0.2, -0.15) is 0 Å². The first-order valence-corrected chi connectivity index (χ1v) is 6.41. The molecule has 0 fully saturated rings. The molecule has 2 aromatic rings. The SMILES string of the molecule is CNC(C)c1c(F)cccc1Oc1ccc([N+](=O)[O-])cc1. The zero-order valence-corrected chi connectivity index (χ0v) is 11.7. The van der Waals surface area contributed by atoms with Gasteiger partial charge < -0.3 is 10.1 Å². The molecule has 0 saturated carbocycles. The maximum Gasteiger partial charge on any atom is 0.269 e. The first-order chi connectivity index (χ1) is 10.0. The number of nitrogens with zero attached hydrogens (tertiary/aromatic N) is 1. The summed E-state index contributed by atoms with van der Waals surface area (Å²) in [7, 11) is 1.73. The quantitative estimate of drug-likeness (QED) is 0.672. The predicted molar refractivity (Wildman–Crippen MR) is 77.0 cm³/mol. The molecule has 0 aliphatic rings. The number of nitro benzene ring substituents is 1. The monoisotopic (exact) mass is 290 g/mol. The van der Waals surface area contributed by atoms with Gasteiger partial charge in [0.2, 0.25) is 0 Å². The molecule has 0 radical (unpaired) electrons. The van der Waals surface area contributed by atoms with E-state index in [4.69, 9.17) is 4.74 Å². The van der Waals surface area contributed by atoms with Gasteiger partial charge >= 0.3 is 0 Å². The molecule has 2 rings (SSSR count). The molecule has 0 bridgehead atoms. The molecule has 1 atom stereocenters. The lowest BCUT2D eigenvalue weighted by molar-refractivity contribution is -0.384. The molecule has 0 aliphatic carbocycles. The summed E-state index contributed by atoms with van der Waals surface area (Å²) in [4.78, 5) is 10.1. The summed E-state index contributed by atoms with van der Waals surface area (Å²) in [5, 5.41) is 13.6. The van der Waals surface area contributed by atoms with Gasteiger partial charge in [0.25, 0.3) is 5.69 Å². The van der Waals surface area contributed by atoms with E-state index in [1.54, 1.807) is 19.2 Å². The summed E-state index contributed by atoms with van der Waals surface area (Å²) >= 11 is 0. The molecule has 21 heavy (non-hydrogen) atoms. The second-order valence-corrected chi connectivity index (χ2v) is 4.52. The third kappa shape index (κ3) is 3.35. The van der Waals surface area contributed by atoms with E-state index in [0.29, 0.717) is 17.1 Å². The van der Waals surface area contributed by atoms with Crippen LogP contribution in [0.4, 0.5) is 10.1 Å². The highest BCUT2D eigenvalue weighted by atomic mass is 19.1. The number of nitro groups is 1. The highest BCUT2D eigenvalue weighted by molar-refractivity contribution is 5.42. The molecule has 5 nitrogen and oxygen atoms in total. The van der Waals surface area contributed by atoms with Crippen LogP contribution in [0.15, 0.2) is 42.5 Å². The van der Waals surface area contributed by atoms with Crippen LogP contribution in [-0.2, 0) is 0 Å². The lowest BCUT2D eigenvalue weighted by Gasteiger charge is -2.17. The summed E-state index contributed by atoms with van der Waals surface area (Å²) in [5.74, 6) is 0.428.